The number of nitrogens with zero attached hydrogens (tertiary/aromatic N) is 2. The molecule has 0 radical (unpaired) electrons. The van der Waals surface area contributed by atoms with Crippen LogP contribution in [0.15, 0.2) is 91.1 Å². The molecule has 5 aromatic rings. The summed E-state index contributed by atoms with van der Waals surface area (Å²) in [6.45, 7) is 0. The second kappa shape index (κ2) is 5.74. The number of hydrogen-bond donors (Lipinski definition) is 1. The van der Waals surface area contributed by atoms with Crippen LogP contribution >= 0.6 is 0 Å². The first-order valence-corrected chi connectivity index (χ1v) is 8.62. The quantitative estimate of drug-likeness (QED) is 0.437. The maximum atomic E-state index is 5.98. The molecule has 26 heavy (non-hydrogen) atoms. The Kier molecular flexibility index (Phi) is 3.25. The molecule has 0 saturated carbocycles. The summed E-state index contributed by atoms with van der Waals surface area (Å²) in [6, 6.07) is 29.0. The van der Waals surface area contributed by atoms with Gasteiger partial charge in [-0.1, -0.05) is 48.5 Å². The predicted octanol–water partition coefficient (Wildman–Crippen LogP) is 5.43. The van der Waals surface area contributed by atoms with E-state index in [2.05, 4.69) is 58.1 Å². The van der Waals surface area contributed by atoms with Gasteiger partial charge in [0.05, 0.1) is 11.0 Å². The number of anilines is 1. The molecule has 0 spiro atoms. The minimum absolute atomic E-state index is 0.771. The summed E-state index contributed by atoms with van der Waals surface area (Å²) in [4.78, 5) is 4.58. The molecule has 0 aliphatic heterocycles. The monoisotopic (exact) mass is 335 g/mol. The van der Waals surface area contributed by atoms with Crippen molar-refractivity contribution in [2.45, 2.75) is 0 Å². The first kappa shape index (κ1) is 14.7. The Bertz CT molecular complexity index is 1240. The standard InChI is InChI=1S/C23H17N3/c24-18-7-5-6-16(14-18)17-11-12-20-19-8-1-2-9-21(19)26(22(20)15-17)23-10-3-4-13-25-23/h1-15H,24H2. The number of hydrogen-bond acceptors (Lipinski definition) is 2. The van der Waals surface area contributed by atoms with Gasteiger partial charge in [0.1, 0.15) is 5.82 Å². The van der Waals surface area contributed by atoms with Crippen LogP contribution in [-0.2, 0) is 0 Å². The highest BCUT2D eigenvalue weighted by molar-refractivity contribution is 6.10. The average Bonchev–Trinajstić information content (AvgIpc) is 3.02. The molecule has 124 valence electrons. The summed E-state index contributed by atoms with van der Waals surface area (Å²) in [6.07, 6.45) is 1.83. The third-order valence-electron chi connectivity index (χ3n) is 4.77. The molecule has 2 N–H and O–H groups in total. The molecule has 0 atom stereocenters. The van der Waals surface area contributed by atoms with E-state index < -0.39 is 0 Å². The Hall–Kier alpha value is -3.59. The molecule has 0 saturated heterocycles. The first-order valence-electron chi connectivity index (χ1n) is 8.62. The molecule has 0 fully saturated rings. The summed E-state index contributed by atoms with van der Waals surface area (Å²) in [7, 11) is 0. The average molecular weight is 335 g/mol. The van der Waals surface area contributed by atoms with Gasteiger partial charge in [0, 0.05) is 22.7 Å². The molecule has 3 nitrogen and oxygen atoms in total. The zero-order chi connectivity index (χ0) is 17.5. The van der Waals surface area contributed by atoms with Crippen LogP contribution in [0.5, 0.6) is 0 Å². The Labute approximate surface area is 151 Å². The molecule has 0 unspecified atom stereocenters. The van der Waals surface area contributed by atoms with Gasteiger partial charge in [-0.25, -0.2) is 4.98 Å². The van der Waals surface area contributed by atoms with Crippen molar-refractivity contribution in [2.24, 2.45) is 0 Å². The molecule has 3 aromatic carbocycles. The molecule has 5 rings (SSSR count). The zero-order valence-corrected chi connectivity index (χ0v) is 14.1. The van der Waals surface area contributed by atoms with E-state index in [0.29, 0.717) is 0 Å². The SMILES string of the molecule is Nc1cccc(-c2ccc3c4ccccc4n(-c4ccccn4)c3c2)c1. The van der Waals surface area contributed by atoms with E-state index in [-0.39, 0.29) is 0 Å². The fourth-order valence-corrected chi connectivity index (χ4v) is 3.60. The number of para-hydroxylation sites is 1. The zero-order valence-electron chi connectivity index (χ0n) is 14.1. The normalized spacial score (nSPS) is 11.2. The number of rotatable bonds is 2. The highest BCUT2D eigenvalue weighted by Crippen LogP contribution is 2.34. The van der Waals surface area contributed by atoms with Gasteiger partial charge < -0.3 is 5.73 Å². The lowest BCUT2D eigenvalue weighted by Gasteiger charge is -2.08. The van der Waals surface area contributed by atoms with Crippen molar-refractivity contribution in [2.75, 3.05) is 5.73 Å². The molecule has 0 aliphatic rings. The number of fused-ring (bicyclic) bond motifs is 3. The van der Waals surface area contributed by atoms with E-state index in [9.17, 15) is 0 Å². The fraction of sp³-hybridized carbons (Fsp3) is 0. The maximum absolute atomic E-state index is 5.98. The van der Waals surface area contributed by atoms with E-state index in [0.717, 1.165) is 33.7 Å². The van der Waals surface area contributed by atoms with Crippen LogP contribution < -0.4 is 5.73 Å². The van der Waals surface area contributed by atoms with Crippen LogP contribution in [0.1, 0.15) is 0 Å². The van der Waals surface area contributed by atoms with Crippen molar-refractivity contribution in [1.29, 1.82) is 0 Å². The van der Waals surface area contributed by atoms with Crippen molar-refractivity contribution in [1.82, 2.24) is 9.55 Å². The lowest BCUT2D eigenvalue weighted by Crippen LogP contribution is -1.96. The molecule has 2 aromatic heterocycles. The summed E-state index contributed by atoms with van der Waals surface area (Å²) in [5.74, 6) is 0.920. The Balaban J connectivity index is 1.86. The third kappa shape index (κ3) is 2.25. The van der Waals surface area contributed by atoms with Crippen LogP contribution in [0.25, 0.3) is 38.8 Å². The van der Waals surface area contributed by atoms with Crippen LogP contribution in [0.2, 0.25) is 0 Å². The van der Waals surface area contributed by atoms with E-state index in [1.54, 1.807) is 0 Å². The van der Waals surface area contributed by atoms with Crippen LogP contribution in [-0.4, -0.2) is 9.55 Å². The van der Waals surface area contributed by atoms with Gasteiger partial charge >= 0.3 is 0 Å². The minimum atomic E-state index is 0.771. The van der Waals surface area contributed by atoms with Crippen molar-refractivity contribution in [3.05, 3.63) is 91.1 Å². The Morgan fingerprint density at radius 3 is 2.31 bits per heavy atom. The van der Waals surface area contributed by atoms with Crippen LogP contribution in [0, 0.1) is 0 Å². The van der Waals surface area contributed by atoms with Gasteiger partial charge in [-0.05, 0) is 47.5 Å². The van der Waals surface area contributed by atoms with Gasteiger partial charge in [0.25, 0.3) is 0 Å². The van der Waals surface area contributed by atoms with Gasteiger partial charge in [-0.3, -0.25) is 4.57 Å². The molecular formula is C23H17N3. The fourth-order valence-electron chi connectivity index (χ4n) is 3.60. The highest BCUT2D eigenvalue weighted by Gasteiger charge is 2.13. The summed E-state index contributed by atoms with van der Waals surface area (Å²) in [5.41, 5.74) is 11.3. The second-order valence-electron chi connectivity index (χ2n) is 6.40. The molecule has 0 aliphatic carbocycles. The Morgan fingerprint density at radius 2 is 1.46 bits per heavy atom. The van der Waals surface area contributed by atoms with Crippen LogP contribution in [0.3, 0.4) is 0 Å². The van der Waals surface area contributed by atoms with E-state index in [1.165, 1.54) is 10.8 Å². The molecule has 0 amide bonds. The molecular weight excluding hydrogens is 318 g/mol. The van der Waals surface area contributed by atoms with E-state index in [1.807, 2.05) is 42.6 Å². The summed E-state index contributed by atoms with van der Waals surface area (Å²) < 4.78 is 2.22. The summed E-state index contributed by atoms with van der Waals surface area (Å²) >= 11 is 0. The smallest absolute Gasteiger partial charge is 0.137 e. The van der Waals surface area contributed by atoms with Gasteiger partial charge in [0.15, 0.2) is 0 Å². The lowest BCUT2D eigenvalue weighted by atomic mass is 10.0. The molecule has 3 heteroatoms. The van der Waals surface area contributed by atoms with Gasteiger partial charge in [-0.2, -0.15) is 0 Å². The molecule has 0 bridgehead atoms. The minimum Gasteiger partial charge on any atom is -0.399 e. The number of aromatic nitrogens is 2. The maximum Gasteiger partial charge on any atom is 0.137 e. The van der Waals surface area contributed by atoms with Crippen molar-refractivity contribution in [3.8, 4) is 16.9 Å². The van der Waals surface area contributed by atoms with Crippen molar-refractivity contribution in [3.63, 3.8) is 0 Å². The number of benzene rings is 3. The molecule has 2 heterocycles. The second-order valence-corrected chi connectivity index (χ2v) is 6.40. The van der Waals surface area contributed by atoms with E-state index >= 15 is 0 Å². The number of nitrogen functional groups attached to an aromatic ring is 1. The van der Waals surface area contributed by atoms with Gasteiger partial charge in [-0.15, -0.1) is 0 Å². The predicted molar refractivity (Wildman–Crippen MR) is 108 cm³/mol. The third-order valence-corrected chi connectivity index (χ3v) is 4.77. The van der Waals surface area contributed by atoms with E-state index in [4.69, 9.17) is 5.73 Å². The van der Waals surface area contributed by atoms with Crippen molar-refractivity contribution < 1.29 is 0 Å². The lowest BCUT2D eigenvalue weighted by molar-refractivity contribution is 1.08. The number of pyridine rings is 1. The summed E-state index contributed by atoms with van der Waals surface area (Å²) in [5, 5.41) is 2.45. The van der Waals surface area contributed by atoms with Gasteiger partial charge in [0.2, 0.25) is 0 Å². The topological polar surface area (TPSA) is 43.8 Å². The largest absolute Gasteiger partial charge is 0.399 e. The van der Waals surface area contributed by atoms with Crippen molar-refractivity contribution >= 4 is 27.5 Å². The van der Waals surface area contributed by atoms with Crippen LogP contribution in [0.4, 0.5) is 5.69 Å². The Morgan fingerprint density at radius 1 is 0.654 bits per heavy atom. The number of nitrogens with two attached hydrogens (primary N) is 1. The highest BCUT2D eigenvalue weighted by atomic mass is 15.1. The first-order chi connectivity index (χ1) is 12.8.